The van der Waals surface area contributed by atoms with Crippen molar-refractivity contribution in [3.8, 4) is 11.4 Å². The van der Waals surface area contributed by atoms with Crippen molar-refractivity contribution in [3.05, 3.63) is 53.9 Å². The van der Waals surface area contributed by atoms with Crippen LogP contribution in [0.1, 0.15) is 34.7 Å². The number of aromatic amines is 1. The van der Waals surface area contributed by atoms with Crippen LogP contribution in [0.3, 0.4) is 0 Å². The van der Waals surface area contributed by atoms with Crippen LogP contribution in [0.4, 0.5) is 0 Å². The van der Waals surface area contributed by atoms with E-state index in [1.807, 2.05) is 31.2 Å². The third kappa shape index (κ3) is 2.73. The molecule has 0 spiro atoms. The normalized spacial score (nSPS) is 12.1. The first kappa shape index (κ1) is 15.7. The molecule has 8 heteroatoms. The third-order valence-electron chi connectivity index (χ3n) is 4.09. The molecular formula is C16H18N6O2. The zero-order chi connectivity index (χ0) is 17.3. The van der Waals surface area contributed by atoms with Crippen LogP contribution in [0.25, 0.3) is 5.69 Å². The number of aromatic hydroxyl groups is 1. The van der Waals surface area contributed by atoms with Crippen molar-refractivity contribution in [2.45, 2.75) is 19.9 Å². The number of hydrogen-bond donors (Lipinski definition) is 2. The van der Waals surface area contributed by atoms with E-state index in [0.717, 1.165) is 11.3 Å². The van der Waals surface area contributed by atoms with Gasteiger partial charge in [0.1, 0.15) is 18.3 Å². The summed E-state index contributed by atoms with van der Waals surface area (Å²) in [6, 6.07) is 7.52. The lowest BCUT2D eigenvalue weighted by Crippen LogP contribution is -2.30. The molecule has 3 rings (SSSR count). The summed E-state index contributed by atoms with van der Waals surface area (Å²) in [6.07, 6.45) is 3.10. The molecule has 1 aromatic carbocycles. The van der Waals surface area contributed by atoms with Gasteiger partial charge < -0.3 is 10.0 Å². The SMILES string of the molecule is Cc1n[nH]c(C(=O)N(C)C(C)c2ccc(-n3cncn3)cc2)c1O. The second-order valence-electron chi connectivity index (χ2n) is 5.56. The fourth-order valence-electron chi connectivity index (χ4n) is 2.40. The highest BCUT2D eigenvalue weighted by atomic mass is 16.3. The van der Waals surface area contributed by atoms with E-state index in [2.05, 4.69) is 20.3 Å². The maximum atomic E-state index is 12.5. The van der Waals surface area contributed by atoms with Crippen molar-refractivity contribution in [1.29, 1.82) is 0 Å². The Labute approximate surface area is 138 Å². The Morgan fingerprint density at radius 2 is 2.04 bits per heavy atom. The molecule has 2 N–H and O–H groups in total. The number of rotatable bonds is 4. The van der Waals surface area contributed by atoms with Crippen LogP contribution in [0.15, 0.2) is 36.9 Å². The van der Waals surface area contributed by atoms with Crippen molar-refractivity contribution in [2.24, 2.45) is 0 Å². The molecule has 2 aromatic heterocycles. The summed E-state index contributed by atoms with van der Waals surface area (Å²) in [4.78, 5) is 18.0. The first-order chi connectivity index (χ1) is 11.5. The number of hydrogen-bond acceptors (Lipinski definition) is 5. The Morgan fingerprint density at radius 1 is 1.33 bits per heavy atom. The number of nitrogens with one attached hydrogen (secondary N) is 1. The second kappa shape index (κ2) is 6.15. The van der Waals surface area contributed by atoms with Crippen molar-refractivity contribution < 1.29 is 9.90 Å². The molecule has 8 nitrogen and oxygen atoms in total. The molecule has 124 valence electrons. The van der Waals surface area contributed by atoms with Gasteiger partial charge in [0.15, 0.2) is 11.4 Å². The Balaban J connectivity index is 1.79. The lowest BCUT2D eigenvalue weighted by Gasteiger charge is -2.25. The number of carbonyl (C=O) groups excluding carboxylic acids is 1. The highest BCUT2D eigenvalue weighted by Crippen LogP contribution is 2.25. The highest BCUT2D eigenvalue weighted by molar-refractivity contribution is 5.95. The van der Waals surface area contributed by atoms with Crippen LogP contribution in [0.5, 0.6) is 5.75 Å². The molecule has 0 saturated heterocycles. The maximum Gasteiger partial charge on any atom is 0.275 e. The van der Waals surface area contributed by atoms with Gasteiger partial charge in [-0.05, 0) is 31.5 Å². The highest BCUT2D eigenvalue weighted by Gasteiger charge is 2.24. The van der Waals surface area contributed by atoms with Gasteiger partial charge in [0.25, 0.3) is 5.91 Å². The predicted octanol–water partition coefficient (Wildman–Crippen LogP) is 1.84. The number of aryl methyl sites for hydroxylation is 1. The number of amides is 1. The van der Waals surface area contributed by atoms with E-state index in [1.165, 1.54) is 6.33 Å². The van der Waals surface area contributed by atoms with E-state index < -0.39 is 0 Å². The van der Waals surface area contributed by atoms with Gasteiger partial charge in [0.2, 0.25) is 0 Å². The number of benzene rings is 1. The fourth-order valence-corrected chi connectivity index (χ4v) is 2.40. The predicted molar refractivity (Wildman–Crippen MR) is 86.9 cm³/mol. The number of aromatic nitrogens is 5. The van der Waals surface area contributed by atoms with E-state index in [4.69, 9.17) is 0 Å². The van der Waals surface area contributed by atoms with Gasteiger partial charge >= 0.3 is 0 Å². The molecule has 0 aliphatic rings. The molecule has 24 heavy (non-hydrogen) atoms. The van der Waals surface area contributed by atoms with Gasteiger partial charge in [-0.2, -0.15) is 10.2 Å². The van der Waals surface area contributed by atoms with Crippen molar-refractivity contribution in [3.63, 3.8) is 0 Å². The van der Waals surface area contributed by atoms with Crippen molar-refractivity contribution >= 4 is 5.91 Å². The monoisotopic (exact) mass is 326 g/mol. The van der Waals surface area contributed by atoms with E-state index in [-0.39, 0.29) is 23.4 Å². The lowest BCUT2D eigenvalue weighted by molar-refractivity contribution is 0.0733. The Morgan fingerprint density at radius 3 is 2.58 bits per heavy atom. The molecule has 0 aliphatic heterocycles. The summed E-state index contributed by atoms with van der Waals surface area (Å²) in [5.41, 5.74) is 2.35. The molecule has 0 saturated carbocycles. The number of H-pyrrole nitrogens is 1. The Hall–Kier alpha value is -3.16. The summed E-state index contributed by atoms with van der Waals surface area (Å²) in [5, 5.41) is 20.4. The summed E-state index contributed by atoms with van der Waals surface area (Å²) in [5.74, 6) is -0.429. The third-order valence-corrected chi connectivity index (χ3v) is 4.09. The minimum atomic E-state index is -0.319. The van der Waals surface area contributed by atoms with E-state index in [9.17, 15) is 9.90 Å². The fraction of sp³-hybridized carbons (Fsp3) is 0.250. The Kier molecular flexibility index (Phi) is 4.03. The molecule has 0 fully saturated rings. The van der Waals surface area contributed by atoms with Crippen molar-refractivity contribution in [2.75, 3.05) is 7.05 Å². The Bertz CT molecular complexity index is 838. The molecule has 1 unspecified atom stereocenters. The zero-order valence-electron chi connectivity index (χ0n) is 13.6. The number of carbonyl (C=O) groups is 1. The van der Waals surface area contributed by atoms with E-state index in [0.29, 0.717) is 5.69 Å². The lowest BCUT2D eigenvalue weighted by atomic mass is 10.1. The van der Waals surface area contributed by atoms with Gasteiger partial charge in [0, 0.05) is 7.05 Å². The van der Waals surface area contributed by atoms with Crippen LogP contribution in [0, 0.1) is 6.92 Å². The molecule has 2 heterocycles. The van der Waals surface area contributed by atoms with E-state index in [1.54, 1.807) is 29.9 Å². The maximum absolute atomic E-state index is 12.5. The van der Waals surface area contributed by atoms with Crippen LogP contribution in [-0.2, 0) is 0 Å². The minimum Gasteiger partial charge on any atom is -0.504 e. The summed E-state index contributed by atoms with van der Waals surface area (Å²) in [7, 11) is 1.69. The smallest absolute Gasteiger partial charge is 0.275 e. The van der Waals surface area contributed by atoms with Gasteiger partial charge in [0.05, 0.1) is 11.7 Å². The topological polar surface area (TPSA) is 99.9 Å². The molecular weight excluding hydrogens is 308 g/mol. The quantitative estimate of drug-likeness (QED) is 0.762. The molecule has 0 aliphatic carbocycles. The van der Waals surface area contributed by atoms with Crippen LogP contribution >= 0.6 is 0 Å². The molecule has 1 atom stereocenters. The van der Waals surface area contributed by atoms with Gasteiger partial charge in [-0.25, -0.2) is 9.67 Å². The van der Waals surface area contributed by atoms with E-state index >= 15 is 0 Å². The summed E-state index contributed by atoms with van der Waals surface area (Å²) < 4.78 is 1.66. The van der Waals surface area contributed by atoms with Crippen molar-refractivity contribution in [1.82, 2.24) is 29.9 Å². The molecule has 1 amide bonds. The van der Waals surface area contributed by atoms with Gasteiger partial charge in [-0.1, -0.05) is 12.1 Å². The first-order valence-electron chi connectivity index (χ1n) is 7.45. The summed E-state index contributed by atoms with van der Waals surface area (Å²) in [6.45, 7) is 3.55. The second-order valence-corrected chi connectivity index (χ2v) is 5.56. The molecule has 0 bridgehead atoms. The minimum absolute atomic E-state index is 0.0982. The zero-order valence-corrected chi connectivity index (χ0v) is 13.6. The molecule has 3 aromatic rings. The van der Waals surface area contributed by atoms with Gasteiger partial charge in [-0.15, -0.1) is 0 Å². The average molecular weight is 326 g/mol. The first-order valence-corrected chi connectivity index (χ1v) is 7.45. The van der Waals surface area contributed by atoms with Crippen LogP contribution in [0.2, 0.25) is 0 Å². The van der Waals surface area contributed by atoms with Gasteiger partial charge in [-0.3, -0.25) is 9.89 Å². The average Bonchev–Trinajstić information content (AvgIpc) is 3.24. The molecule has 0 radical (unpaired) electrons. The van der Waals surface area contributed by atoms with Crippen LogP contribution < -0.4 is 0 Å². The summed E-state index contributed by atoms with van der Waals surface area (Å²) >= 11 is 0. The largest absolute Gasteiger partial charge is 0.504 e. The number of nitrogens with zero attached hydrogens (tertiary/aromatic N) is 5. The standard InChI is InChI=1S/C16H18N6O2/c1-10-15(23)14(20-19-10)16(24)21(3)11(2)12-4-6-13(7-5-12)22-9-17-8-18-22/h4-9,11,23H,1-3H3,(H,19,20). The van der Waals surface area contributed by atoms with Crippen LogP contribution in [-0.4, -0.2) is 47.9 Å².